The molecule has 1 saturated heterocycles. The van der Waals surface area contributed by atoms with Crippen molar-refractivity contribution in [2.24, 2.45) is 0 Å². The molecule has 6 heteroatoms. The maximum absolute atomic E-state index is 12.4. The van der Waals surface area contributed by atoms with Gasteiger partial charge in [0.15, 0.2) is 0 Å². The number of likely N-dealkylation sites (tertiary alicyclic amines) is 1. The minimum Gasteiger partial charge on any atom is -0.352 e. The maximum atomic E-state index is 12.4. The molecule has 2 fully saturated rings. The Morgan fingerprint density at radius 1 is 1.00 bits per heavy atom. The van der Waals surface area contributed by atoms with Crippen molar-refractivity contribution in [3.8, 4) is 0 Å². The van der Waals surface area contributed by atoms with E-state index >= 15 is 0 Å². The van der Waals surface area contributed by atoms with E-state index in [1.165, 1.54) is 44.3 Å². The van der Waals surface area contributed by atoms with Gasteiger partial charge in [-0.2, -0.15) is 0 Å². The normalized spacial score (nSPS) is 25.5. The Labute approximate surface area is 150 Å². The lowest BCUT2D eigenvalue weighted by atomic mass is 9.97. The van der Waals surface area contributed by atoms with Gasteiger partial charge in [0, 0.05) is 31.5 Å². The van der Waals surface area contributed by atoms with Crippen LogP contribution in [-0.2, 0) is 17.8 Å². The Hall–Kier alpha value is -1.43. The van der Waals surface area contributed by atoms with Gasteiger partial charge in [0.2, 0.25) is 5.91 Å². The van der Waals surface area contributed by atoms with E-state index in [9.17, 15) is 4.79 Å². The van der Waals surface area contributed by atoms with Gasteiger partial charge in [-0.1, -0.05) is 19.3 Å². The van der Waals surface area contributed by atoms with Crippen molar-refractivity contribution in [1.29, 1.82) is 0 Å². The molecule has 0 radical (unpaired) electrons. The Morgan fingerprint density at radius 2 is 1.88 bits per heavy atom. The molecule has 1 aromatic heterocycles. The summed E-state index contributed by atoms with van der Waals surface area (Å²) in [5, 5.41) is 12.2. The molecule has 1 aliphatic carbocycles. The Kier molecular flexibility index (Phi) is 5.34. The second kappa shape index (κ2) is 7.85. The number of carbonyl (C=O) groups is 1. The van der Waals surface area contributed by atoms with Crippen LogP contribution in [0.2, 0.25) is 0 Å². The molecule has 25 heavy (non-hydrogen) atoms. The van der Waals surface area contributed by atoms with Crippen molar-refractivity contribution in [2.45, 2.75) is 82.7 Å². The van der Waals surface area contributed by atoms with Crippen LogP contribution >= 0.6 is 0 Å². The number of aryl methyl sites for hydroxylation is 1. The quantitative estimate of drug-likeness (QED) is 0.909. The second-order valence-electron chi connectivity index (χ2n) is 8.06. The third-order valence-electron chi connectivity index (χ3n) is 6.10. The van der Waals surface area contributed by atoms with Crippen LogP contribution < -0.4 is 5.32 Å². The lowest BCUT2D eigenvalue weighted by molar-refractivity contribution is -0.123. The zero-order valence-electron chi connectivity index (χ0n) is 15.3. The van der Waals surface area contributed by atoms with E-state index in [0.717, 1.165) is 51.1 Å². The van der Waals surface area contributed by atoms with E-state index in [0.29, 0.717) is 18.5 Å². The molecule has 3 aliphatic rings. The van der Waals surface area contributed by atoms with Gasteiger partial charge in [-0.15, -0.1) is 10.2 Å². The third kappa shape index (κ3) is 4.05. The molecule has 1 aromatic rings. The zero-order chi connectivity index (χ0) is 17.1. The summed E-state index contributed by atoms with van der Waals surface area (Å²) in [6.07, 6.45) is 12.0. The van der Waals surface area contributed by atoms with E-state index in [4.69, 9.17) is 0 Å². The number of piperidine rings is 1. The summed E-state index contributed by atoms with van der Waals surface area (Å²) < 4.78 is 2.37. The highest BCUT2D eigenvalue weighted by Crippen LogP contribution is 2.28. The molecule has 138 valence electrons. The highest BCUT2D eigenvalue weighted by molar-refractivity contribution is 5.78. The summed E-state index contributed by atoms with van der Waals surface area (Å²) in [4.78, 5) is 14.7. The topological polar surface area (TPSA) is 63.1 Å². The number of fused-ring (bicyclic) bond motifs is 1. The highest BCUT2D eigenvalue weighted by Gasteiger charge is 2.28. The van der Waals surface area contributed by atoms with Crippen LogP contribution in [0.1, 0.15) is 75.4 Å². The van der Waals surface area contributed by atoms with Gasteiger partial charge in [-0.3, -0.25) is 9.69 Å². The largest absolute Gasteiger partial charge is 0.352 e. The maximum Gasteiger partial charge on any atom is 0.234 e. The lowest BCUT2D eigenvalue weighted by Crippen LogP contribution is -2.44. The number of nitrogens with zero attached hydrogens (tertiary/aromatic N) is 4. The van der Waals surface area contributed by atoms with Crippen LogP contribution in [0, 0.1) is 0 Å². The van der Waals surface area contributed by atoms with Gasteiger partial charge < -0.3 is 9.88 Å². The second-order valence-corrected chi connectivity index (χ2v) is 8.06. The van der Waals surface area contributed by atoms with Crippen molar-refractivity contribution in [1.82, 2.24) is 25.0 Å². The molecule has 2 aliphatic heterocycles. The van der Waals surface area contributed by atoms with Crippen molar-refractivity contribution in [2.75, 3.05) is 19.6 Å². The minimum atomic E-state index is 0.202. The molecular weight excluding hydrogens is 314 g/mol. The standard InChI is InChI=1S/C19H31N5O/c25-18(20-16-8-3-4-9-16)14-23-11-6-7-15(13-23)19-22-21-17-10-2-1-5-12-24(17)19/h15-16H,1-14H2,(H,20,25). The Balaban J connectivity index is 1.36. The van der Waals surface area contributed by atoms with E-state index < -0.39 is 0 Å². The van der Waals surface area contributed by atoms with Gasteiger partial charge in [0.25, 0.3) is 0 Å². The summed E-state index contributed by atoms with van der Waals surface area (Å²) in [5.41, 5.74) is 0. The fourth-order valence-corrected chi connectivity index (χ4v) is 4.77. The van der Waals surface area contributed by atoms with Gasteiger partial charge in [0.05, 0.1) is 6.54 Å². The number of rotatable bonds is 4. The average Bonchev–Trinajstić information content (AvgIpc) is 3.20. The highest BCUT2D eigenvalue weighted by atomic mass is 16.2. The predicted octanol–water partition coefficient (Wildman–Crippen LogP) is 2.24. The first-order valence-electron chi connectivity index (χ1n) is 10.2. The molecule has 1 unspecified atom stereocenters. The van der Waals surface area contributed by atoms with E-state index in [1.807, 2.05) is 0 Å². The van der Waals surface area contributed by atoms with E-state index in [1.54, 1.807) is 0 Å². The summed E-state index contributed by atoms with van der Waals surface area (Å²) in [5.74, 6) is 2.96. The predicted molar refractivity (Wildman–Crippen MR) is 96.4 cm³/mol. The molecule has 1 N–H and O–H groups in total. The molecule has 1 amide bonds. The fourth-order valence-electron chi connectivity index (χ4n) is 4.77. The van der Waals surface area contributed by atoms with Crippen molar-refractivity contribution in [3.05, 3.63) is 11.6 Å². The Morgan fingerprint density at radius 3 is 2.76 bits per heavy atom. The van der Waals surface area contributed by atoms with Crippen LogP contribution in [0.5, 0.6) is 0 Å². The number of aromatic nitrogens is 3. The van der Waals surface area contributed by atoms with Crippen molar-refractivity contribution in [3.63, 3.8) is 0 Å². The fraction of sp³-hybridized carbons (Fsp3) is 0.842. The smallest absolute Gasteiger partial charge is 0.234 e. The monoisotopic (exact) mass is 345 g/mol. The number of carbonyl (C=O) groups excluding carboxylic acids is 1. The average molecular weight is 345 g/mol. The van der Waals surface area contributed by atoms with E-state index in [-0.39, 0.29) is 5.91 Å². The lowest BCUT2D eigenvalue weighted by Gasteiger charge is -2.32. The number of amides is 1. The zero-order valence-corrected chi connectivity index (χ0v) is 15.3. The molecule has 0 aromatic carbocycles. The molecule has 1 saturated carbocycles. The Bertz CT molecular complexity index is 593. The number of hydrogen-bond donors (Lipinski definition) is 1. The van der Waals surface area contributed by atoms with Gasteiger partial charge >= 0.3 is 0 Å². The van der Waals surface area contributed by atoms with Crippen molar-refractivity contribution < 1.29 is 4.79 Å². The molecule has 4 rings (SSSR count). The number of hydrogen-bond acceptors (Lipinski definition) is 4. The first-order chi connectivity index (χ1) is 12.3. The first kappa shape index (κ1) is 17.0. The van der Waals surface area contributed by atoms with Gasteiger partial charge in [-0.05, 0) is 45.1 Å². The number of nitrogens with one attached hydrogen (secondary N) is 1. The van der Waals surface area contributed by atoms with Crippen molar-refractivity contribution >= 4 is 5.91 Å². The molecule has 0 spiro atoms. The molecule has 3 heterocycles. The third-order valence-corrected chi connectivity index (χ3v) is 6.10. The summed E-state index contributed by atoms with van der Waals surface area (Å²) in [7, 11) is 0. The van der Waals surface area contributed by atoms with Gasteiger partial charge in [0.1, 0.15) is 11.6 Å². The van der Waals surface area contributed by atoms with Gasteiger partial charge in [-0.25, -0.2) is 0 Å². The van der Waals surface area contributed by atoms with Crippen LogP contribution in [0.3, 0.4) is 0 Å². The molecule has 0 bridgehead atoms. The minimum absolute atomic E-state index is 0.202. The summed E-state index contributed by atoms with van der Waals surface area (Å²) in [6.45, 7) is 3.57. The van der Waals surface area contributed by atoms with Crippen LogP contribution in [0.15, 0.2) is 0 Å². The van der Waals surface area contributed by atoms with Crippen LogP contribution in [-0.4, -0.2) is 51.2 Å². The van der Waals surface area contributed by atoms with Crippen LogP contribution in [0.4, 0.5) is 0 Å². The summed E-state index contributed by atoms with van der Waals surface area (Å²) in [6, 6.07) is 0.417. The first-order valence-corrected chi connectivity index (χ1v) is 10.2. The molecular formula is C19H31N5O. The van der Waals surface area contributed by atoms with E-state index in [2.05, 4.69) is 25.0 Å². The molecule has 6 nitrogen and oxygen atoms in total. The van der Waals surface area contributed by atoms with Crippen LogP contribution in [0.25, 0.3) is 0 Å². The molecule has 1 atom stereocenters. The summed E-state index contributed by atoms with van der Waals surface area (Å²) >= 11 is 0. The SMILES string of the molecule is O=C(CN1CCCC(c2nnc3n2CCCCC3)C1)NC1CCCC1.